The number of aromatic nitrogens is 2. The maximum atomic E-state index is 13.9. The molecule has 130 valence electrons. The number of halogens is 1. The first kappa shape index (κ1) is 15.3. The lowest BCUT2D eigenvalue weighted by molar-refractivity contribution is 0.144. The van der Waals surface area contributed by atoms with E-state index in [2.05, 4.69) is 26.3 Å². The first-order valence-electron chi connectivity index (χ1n) is 8.67. The van der Waals surface area contributed by atoms with Gasteiger partial charge in [0.2, 0.25) is 0 Å². The second kappa shape index (κ2) is 5.49. The molecule has 0 aliphatic carbocycles. The molecule has 0 radical (unpaired) electrons. The Morgan fingerprint density at radius 1 is 1.12 bits per heavy atom. The van der Waals surface area contributed by atoms with Crippen LogP contribution in [-0.4, -0.2) is 34.6 Å². The first-order chi connectivity index (χ1) is 12.6. The highest BCUT2D eigenvalue weighted by atomic mass is 19.1. The van der Waals surface area contributed by atoms with Gasteiger partial charge in [-0.25, -0.2) is 9.37 Å². The summed E-state index contributed by atoms with van der Waals surface area (Å²) in [6.07, 6.45) is 3.56. The van der Waals surface area contributed by atoms with Crippen molar-refractivity contribution in [2.24, 2.45) is 4.99 Å². The van der Waals surface area contributed by atoms with Gasteiger partial charge in [-0.15, -0.1) is 0 Å². The van der Waals surface area contributed by atoms with Crippen LogP contribution in [0.2, 0.25) is 0 Å². The number of hydrogen-bond donors (Lipinski definition) is 1. The van der Waals surface area contributed by atoms with Gasteiger partial charge in [0.05, 0.1) is 19.6 Å². The Labute approximate surface area is 150 Å². The molecule has 3 aromatic rings. The molecule has 0 unspecified atom stereocenters. The van der Waals surface area contributed by atoms with E-state index in [0.717, 1.165) is 39.4 Å². The number of nitrogens with one attached hydrogen (secondary N) is 1. The molecule has 0 bridgehead atoms. The molecule has 5 nitrogen and oxygen atoms in total. The second-order valence-corrected chi connectivity index (χ2v) is 7.14. The van der Waals surface area contributed by atoms with Gasteiger partial charge in [0.15, 0.2) is 5.84 Å². The minimum absolute atomic E-state index is 0.387. The summed E-state index contributed by atoms with van der Waals surface area (Å²) in [7, 11) is 0. The molecule has 26 heavy (non-hydrogen) atoms. The summed E-state index contributed by atoms with van der Waals surface area (Å²) in [5.74, 6) is 1.64. The Bertz CT molecular complexity index is 1040. The fourth-order valence-electron chi connectivity index (χ4n) is 3.65. The molecule has 2 aliphatic heterocycles. The SMILES string of the molecule is CC1(F)CN(c2nccc3cc(NC4=NCc5cccnc54)ccc23)C1. The zero-order valence-corrected chi connectivity index (χ0v) is 14.4. The van der Waals surface area contributed by atoms with Crippen LogP contribution in [0.4, 0.5) is 15.9 Å². The van der Waals surface area contributed by atoms with E-state index >= 15 is 0 Å². The van der Waals surface area contributed by atoms with E-state index in [9.17, 15) is 4.39 Å². The molecule has 2 aromatic heterocycles. The van der Waals surface area contributed by atoms with Crippen LogP contribution in [0.3, 0.4) is 0 Å². The summed E-state index contributed by atoms with van der Waals surface area (Å²) in [5.41, 5.74) is 1.87. The molecular weight excluding hydrogens is 329 g/mol. The van der Waals surface area contributed by atoms with E-state index in [-0.39, 0.29) is 0 Å². The summed E-state index contributed by atoms with van der Waals surface area (Å²) in [6.45, 7) is 3.06. The molecule has 2 aliphatic rings. The van der Waals surface area contributed by atoms with Crippen LogP contribution in [-0.2, 0) is 6.54 Å². The summed E-state index contributed by atoms with van der Waals surface area (Å²) in [4.78, 5) is 15.4. The third-order valence-electron chi connectivity index (χ3n) is 4.87. The third kappa shape index (κ3) is 2.49. The molecule has 0 saturated carbocycles. The summed E-state index contributed by atoms with van der Waals surface area (Å²) < 4.78 is 13.9. The van der Waals surface area contributed by atoms with E-state index in [0.29, 0.717) is 19.6 Å². The second-order valence-electron chi connectivity index (χ2n) is 7.14. The highest BCUT2D eigenvalue weighted by molar-refractivity contribution is 6.10. The van der Waals surface area contributed by atoms with E-state index in [4.69, 9.17) is 0 Å². The molecule has 5 rings (SSSR count). The van der Waals surface area contributed by atoms with E-state index in [1.54, 1.807) is 19.3 Å². The molecule has 1 aromatic carbocycles. The van der Waals surface area contributed by atoms with Crippen LogP contribution in [0, 0.1) is 0 Å². The van der Waals surface area contributed by atoms with Gasteiger partial charge < -0.3 is 10.2 Å². The smallest absolute Gasteiger partial charge is 0.152 e. The Morgan fingerprint density at radius 3 is 2.85 bits per heavy atom. The average Bonchev–Trinajstić information content (AvgIpc) is 3.02. The van der Waals surface area contributed by atoms with Gasteiger partial charge in [0, 0.05) is 29.0 Å². The molecule has 0 atom stereocenters. The maximum absolute atomic E-state index is 13.9. The zero-order chi connectivity index (χ0) is 17.7. The van der Waals surface area contributed by atoms with Crippen molar-refractivity contribution in [3.05, 3.63) is 60.0 Å². The highest BCUT2D eigenvalue weighted by Crippen LogP contribution is 2.34. The fraction of sp³-hybridized carbons (Fsp3) is 0.250. The van der Waals surface area contributed by atoms with Crippen molar-refractivity contribution in [3.8, 4) is 0 Å². The number of benzene rings is 1. The lowest BCUT2D eigenvalue weighted by Gasteiger charge is -2.43. The van der Waals surface area contributed by atoms with Gasteiger partial charge in [-0.1, -0.05) is 6.07 Å². The molecule has 6 heteroatoms. The minimum atomic E-state index is -1.12. The van der Waals surface area contributed by atoms with Crippen LogP contribution in [0.5, 0.6) is 0 Å². The number of amidine groups is 1. The van der Waals surface area contributed by atoms with Crippen LogP contribution >= 0.6 is 0 Å². The number of anilines is 2. The summed E-state index contributed by atoms with van der Waals surface area (Å²) in [5, 5.41) is 5.46. The minimum Gasteiger partial charge on any atom is -0.350 e. The predicted octanol–water partition coefficient (Wildman–Crippen LogP) is 3.55. The van der Waals surface area contributed by atoms with Crippen molar-refractivity contribution in [2.45, 2.75) is 19.1 Å². The zero-order valence-electron chi connectivity index (χ0n) is 14.4. The molecule has 1 fully saturated rings. The van der Waals surface area contributed by atoms with Gasteiger partial charge in [-0.3, -0.25) is 9.98 Å². The number of nitrogens with zero attached hydrogens (tertiary/aromatic N) is 4. The Balaban J connectivity index is 1.45. The van der Waals surface area contributed by atoms with Crippen LogP contribution in [0.15, 0.2) is 53.8 Å². The first-order valence-corrected chi connectivity index (χ1v) is 8.67. The monoisotopic (exact) mass is 347 g/mol. The number of rotatable bonds is 2. The van der Waals surface area contributed by atoms with E-state index < -0.39 is 5.67 Å². The number of pyridine rings is 2. The van der Waals surface area contributed by atoms with Crippen LogP contribution < -0.4 is 10.2 Å². The van der Waals surface area contributed by atoms with Crippen molar-refractivity contribution in [1.29, 1.82) is 0 Å². The fourth-order valence-corrected chi connectivity index (χ4v) is 3.65. The molecule has 1 saturated heterocycles. The standard InChI is InChI=1S/C20H18FN5/c1-20(21)11-26(12-20)19-16-5-4-15(9-13(16)6-8-23-19)25-18-17-14(10-24-18)3-2-7-22-17/h2-9H,10-12H2,1H3,(H,24,25). The topological polar surface area (TPSA) is 53.4 Å². The van der Waals surface area contributed by atoms with Crippen molar-refractivity contribution < 1.29 is 4.39 Å². The van der Waals surface area contributed by atoms with Crippen LogP contribution in [0.25, 0.3) is 10.8 Å². The third-order valence-corrected chi connectivity index (χ3v) is 4.87. The Kier molecular flexibility index (Phi) is 3.22. The number of aliphatic imine (C=N–C) groups is 1. The van der Waals surface area contributed by atoms with Crippen molar-refractivity contribution in [3.63, 3.8) is 0 Å². The van der Waals surface area contributed by atoms with Crippen molar-refractivity contribution >= 4 is 28.1 Å². The Hall–Kier alpha value is -3.02. The average molecular weight is 347 g/mol. The lowest BCUT2D eigenvalue weighted by Crippen LogP contribution is -2.57. The largest absolute Gasteiger partial charge is 0.350 e. The molecule has 0 amide bonds. The van der Waals surface area contributed by atoms with E-state index in [1.165, 1.54) is 0 Å². The Morgan fingerprint density at radius 2 is 2.00 bits per heavy atom. The highest BCUT2D eigenvalue weighted by Gasteiger charge is 2.40. The van der Waals surface area contributed by atoms with E-state index in [1.807, 2.05) is 35.2 Å². The molecular formula is C20H18FN5. The van der Waals surface area contributed by atoms with Gasteiger partial charge in [0.25, 0.3) is 0 Å². The van der Waals surface area contributed by atoms with Gasteiger partial charge in [0.1, 0.15) is 17.2 Å². The van der Waals surface area contributed by atoms with Gasteiger partial charge in [-0.05, 0) is 42.6 Å². The predicted molar refractivity (Wildman–Crippen MR) is 102 cm³/mol. The molecule has 4 heterocycles. The maximum Gasteiger partial charge on any atom is 0.152 e. The normalized spacial score (nSPS) is 17.6. The van der Waals surface area contributed by atoms with Gasteiger partial charge in [-0.2, -0.15) is 0 Å². The summed E-state index contributed by atoms with van der Waals surface area (Å²) >= 11 is 0. The van der Waals surface area contributed by atoms with Crippen molar-refractivity contribution in [2.75, 3.05) is 23.3 Å². The number of alkyl halides is 1. The lowest BCUT2D eigenvalue weighted by atomic mass is 9.98. The quantitative estimate of drug-likeness (QED) is 0.770. The van der Waals surface area contributed by atoms with Crippen molar-refractivity contribution in [1.82, 2.24) is 9.97 Å². The number of hydrogen-bond acceptors (Lipinski definition) is 5. The van der Waals surface area contributed by atoms with Gasteiger partial charge >= 0.3 is 0 Å². The van der Waals surface area contributed by atoms with Crippen LogP contribution in [0.1, 0.15) is 18.2 Å². The molecule has 1 N–H and O–H groups in total. The summed E-state index contributed by atoms with van der Waals surface area (Å²) in [6, 6.07) is 12.1. The molecule has 0 spiro atoms. The number of fused-ring (bicyclic) bond motifs is 2.